The summed E-state index contributed by atoms with van der Waals surface area (Å²) in [6.45, 7) is 0. The Balaban J connectivity index is 2.19. The predicted octanol–water partition coefficient (Wildman–Crippen LogP) is 3.30. The quantitative estimate of drug-likeness (QED) is 0.610. The molecule has 0 N–H and O–H groups in total. The van der Waals surface area contributed by atoms with E-state index in [0.717, 1.165) is 22.3 Å². The lowest BCUT2D eigenvalue weighted by Gasteiger charge is -2.01. The van der Waals surface area contributed by atoms with Gasteiger partial charge >= 0.3 is 0 Å². The molecule has 0 amide bonds. The molecule has 0 saturated carbocycles. The second kappa shape index (κ2) is 3.74. The van der Waals surface area contributed by atoms with Gasteiger partial charge in [0, 0.05) is 17.1 Å². The molecule has 16 heavy (non-hydrogen) atoms. The van der Waals surface area contributed by atoms with E-state index < -0.39 is 0 Å². The molecule has 0 radical (unpaired) electrons. The number of fused-ring (bicyclic) bond motifs is 1. The fourth-order valence-electron chi connectivity index (χ4n) is 1.70. The molecular weight excluding hydrogens is 196 g/mol. The van der Waals surface area contributed by atoms with Gasteiger partial charge in [0.05, 0.1) is 5.52 Å². The number of aromatic nitrogens is 2. The highest BCUT2D eigenvalue weighted by Gasteiger charge is 2.01. The van der Waals surface area contributed by atoms with Gasteiger partial charge in [-0.05, 0) is 6.07 Å². The zero-order chi connectivity index (χ0) is 10.8. The first-order valence-corrected chi connectivity index (χ1v) is 5.21. The van der Waals surface area contributed by atoms with Gasteiger partial charge in [-0.25, -0.2) is 9.97 Å². The first-order valence-electron chi connectivity index (χ1n) is 5.21. The summed E-state index contributed by atoms with van der Waals surface area (Å²) in [6.07, 6.45) is 1.87. The Morgan fingerprint density at radius 1 is 0.750 bits per heavy atom. The van der Waals surface area contributed by atoms with Crippen molar-refractivity contribution < 1.29 is 0 Å². The highest BCUT2D eigenvalue weighted by Crippen LogP contribution is 2.17. The molecule has 1 heterocycles. The Morgan fingerprint density at radius 2 is 1.50 bits per heavy atom. The van der Waals surface area contributed by atoms with Crippen LogP contribution in [0, 0.1) is 0 Å². The second-order valence-corrected chi connectivity index (χ2v) is 3.62. The van der Waals surface area contributed by atoms with E-state index in [9.17, 15) is 0 Å². The third-order valence-corrected chi connectivity index (χ3v) is 2.52. The second-order valence-electron chi connectivity index (χ2n) is 3.62. The first-order chi connectivity index (χ1) is 7.93. The molecule has 1 aromatic heterocycles. The Morgan fingerprint density at radius 3 is 2.38 bits per heavy atom. The Bertz CT molecular complexity index is 618. The van der Waals surface area contributed by atoms with E-state index in [1.807, 2.05) is 60.8 Å². The summed E-state index contributed by atoms with van der Waals surface area (Å²) in [5.41, 5.74) is 2.03. The van der Waals surface area contributed by atoms with E-state index in [0.29, 0.717) is 0 Å². The van der Waals surface area contributed by atoms with Crippen LogP contribution in [0.25, 0.3) is 22.3 Å². The molecule has 2 heteroatoms. The molecule has 0 atom stereocenters. The zero-order valence-electron chi connectivity index (χ0n) is 8.67. The molecule has 0 aliphatic carbocycles. The average Bonchev–Trinajstić information content (AvgIpc) is 2.39. The largest absolute Gasteiger partial charge is 0.236 e. The van der Waals surface area contributed by atoms with E-state index in [2.05, 4.69) is 9.97 Å². The van der Waals surface area contributed by atoms with E-state index in [1.165, 1.54) is 0 Å². The smallest absolute Gasteiger partial charge is 0.159 e. The summed E-state index contributed by atoms with van der Waals surface area (Å²) in [6, 6.07) is 18.0. The van der Waals surface area contributed by atoms with Crippen molar-refractivity contribution in [3.8, 4) is 11.4 Å². The van der Waals surface area contributed by atoms with Gasteiger partial charge in [0.15, 0.2) is 5.82 Å². The van der Waals surface area contributed by atoms with Gasteiger partial charge < -0.3 is 0 Å². The van der Waals surface area contributed by atoms with Crippen molar-refractivity contribution in [3.05, 3.63) is 60.8 Å². The standard InChI is InChI=1S/C14H10N2/c1-2-6-11(7-3-1)14-15-10-12-8-4-5-9-13(12)16-14/h1-10H. The van der Waals surface area contributed by atoms with E-state index in [1.54, 1.807) is 0 Å². The maximum atomic E-state index is 4.53. The SMILES string of the molecule is c1ccc(-c2ncc3ccccc3n2)cc1. The molecule has 0 saturated heterocycles. The molecule has 0 spiro atoms. The lowest BCUT2D eigenvalue weighted by Crippen LogP contribution is -1.88. The van der Waals surface area contributed by atoms with Gasteiger partial charge in [0.2, 0.25) is 0 Å². The molecular formula is C14H10N2. The molecule has 76 valence electrons. The molecule has 2 aromatic carbocycles. The average molecular weight is 206 g/mol. The number of nitrogens with zero attached hydrogens (tertiary/aromatic N) is 2. The van der Waals surface area contributed by atoms with E-state index in [-0.39, 0.29) is 0 Å². The fraction of sp³-hybridized carbons (Fsp3) is 0. The lowest BCUT2D eigenvalue weighted by molar-refractivity contribution is 1.23. The lowest BCUT2D eigenvalue weighted by atomic mass is 10.2. The van der Waals surface area contributed by atoms with Crippen molar-refractivity contribution in [3.63, 3.8) is 0 Å². The van der Waals surface area contributed by atoms with Crippen LogP contribution in [0.3, 0.4) is 0 Å². The highest BCUT2D eigenvalue weighted by molar-refractivity contribution is 5.79. The van der Waals surface area contributed by atoms with Gasteiger partial charge in [-0.2, -0.15) is 0 Å². The van der Waals surface area contributed by atoms with Crippen LogP contribution in [-0.4, -0.2) is 9.97 Å². The monoisotopic (exact) mass is 206 g/mol. The molecule has 3 rings (SSSR count). The number of hydrogen-bond acceptors (Lipinski definition) is 2. The van der Waals surface area contributed by atoms with Gasteiger partial charge in [-0.3, -0.25) is 0 Å². The number of rotatable bonds is 1. The van der Waals surface area contributed by atoms with Crippen LogP contribution in [-0.2, 0) is 0 Å². The summed E-state index contributed by atoms with van der Waals surface area (Å²) in [4.78, 5) is 8.90. The van der Waals surface area contributed by atoms with Crippen LogP contribution in [0.2, 0.25) is 0 Å². The summed E-state index contributed by atoms with van der Waals surface area (Å²) in [5.74, 6) is 0.777. The number of benzene rings is 2. The van der Waals surface area contributed by atoms with Crippen molar-refractivity contribution >= 4 is 10.9 Å². The molecule has 0 bridgehead atoms. The Labute approximate surface area is 93.6 Å². The molecule has 3 aromatic rings. The van der Waals surface area contributed by atoms with Crippen molar-refractivity contribution in [2.45, 2.75) is 0 Å². The summed E-state index contributed by atoms with van der Waals surface area (Å²) in [7, 11) is 0. The first kappa shape index (κ1) is 9.04. The van der Waals surface area contributed by atoms with Crippen LogP contribution in [0.15, 0.2) is 60.8 Å². The summed E-state index contributed by atoms with van der Waals surface area (Å²) < 4.78 is 0. The normalized spacial score (nSPS) is 10.5. The number of hydrogen-bond donors (Lipinski definition) is 0. The maximum absolute atomic E-state index is 4.53. The van der Waals surface area contributed by atoms with Crippen molar-refractivity contribution in [2.75, 3.05) is 0 Å². The molecule has 0 aliphatic heterocycles. The van der Waals surface area contributed by atoms with Crippen LogP contribution >= 0.6 is 0 Å². The molecule has 2 nitrogen and oxygen atoms in total. The molecule has 0 fully saturated rings. The third-order valence-electron chi connectivity index (χ3n) is 2.52. The Hall–Kier alpha value is -2.22. The number of para-hydroxylation sites is 1. The van der Waals surface area contributed by atoms with Crippen LogP contribution < -0.4 is 0 Å². The minimum atomic E-state index is 0.777. The van der Waals surface area contributed by atoms with E-state index >= 15 is 0 Å². The maximum Gasteiger partial charge on any atom is 0.159 e. The van der Waals surface area contributed by atoms with Crippen LogP contribution in [0.5, 0.6) is 0 Å². The van der Waals surface area contributed by atoms with Crippen molar-refractivity contribution in [1.82, 2.24) is 9.97 Å². The predicted molar refractivity (Wildman–Crippen MR) is 65.0 cm³/mol. The highest BCUT2D eigenvalue weighted by atomic mass is 14.9. The van der Waals surface area contributed by atoms with Gasteiger partial charge in [-0.1, -0.05) is 48.5 Å². The summed E-state index contributed by atoms with van der Waals surface area (Å²) in [5, 5.41) is 1.07. The van der Waals surface area contributed by atoms with Gasteiger partial charge in [0.25, 0.3) is 0 Å². The fourth-order valence-corrected chi connectivity index (χ4v) is 1.70. The van der Waals surface area contributed by atoms with Crippen LogP contribution in [0.4, 0.5) is 0 Å². The summed E-state index contributed by atoms with van der Waals surface area (Å²) >= 11 is 0. The van der Waals surface area contributed by atoms with Crippen molar-refractivity contribution in [1.29, 1.82) is 0 Å². The minimum absolute atomic E-state index is 0.777. The van der Waals surface area contributed by atoms with E-state index in [4.69, 9.17) is 0 Å². The Kier molecular flexibility index (Phi) is 2.11. The molecule has 0 aliphatic rings. The molecule has 0 unspecified atom stereocenters. The topological polar surface area (TPSA) is 25.8 Å². The minimum Gasteiger partial charge on any atom is -0.236 e. The van der Waals surface area contributed by atoms with Crippen molar-refractivity contribution in [2.24, 2.45) is 0 Å². The van der Waals surface area contributed by atoms with Gasteiger partial charge in [0.1, 0.15) is 0 Å². The third kappa shape index (κ3) is 1.54. The zero-order valence-corrected chi connectivity index (χ0v) is 8.67. The van der Waals surface area contributed by atoms with Crippen LogP contribution in [0.1, 0.15) is 0 Å². The van der Waals surface area contributed by atoms with Gasteiger partial charge in [-0.15, -0.1) is 0 Å².